The molecule has 0 aliphatic carbocycles. The molecule has 0 radical (unpaired) electrons. The SMILES string of the molecule is C=C1C=C(C)C(=O)N1. The van der Waals surface area contributed by atoms with Crippen molar-refractivity contribution >= 4 is 5.91 Å². The van der Waals surface area contributed by atoms with Gasteiger partial charge in [-0.2, -0.15) is 0 Å². The number of carbonyl (C=O) groups is 1. The van der Waals surface area contributed by atoms with Crippen molar-refractivity contribution in [3.05, 3.63) is 23.9 Å². The minimum atomic E-state index is -0.0324. The van der Waals surface area contributed by atoms with Gasteiger partial charge in [0, 0.05) is 11.3 Å². The smallest absolute Gasteiger partial charge is 0.251 e. The highest BCUT2D eigenvalue weighted by Crippen LogP contribution is 2.05. The van der Waals surface area contributed by atoms with Gasteiger partial charge in [0.1, 0.15) is 0 Å². The fraction of sp³-hybridized carbons (Fsp3) is 0.167. The molecule has 0 aromatic heterocycles. The van der Waals surface area contributed by atoms with E-state index in [1.165, 1.54) is 0 Å². The van der Waals surface area contributed by atoms with Crippen molar-refractivity contribution in [2.75, 3.05) is 0 Å². The molecule has 1 amide bonds. The normalized spacial score (nSPS) is 18.4. The number of allylic oxidation sites excluding steroid dienone is 1. The van der Waals surface area contributed by atoms with Crippen LogP contribution in [0.15, 0.2) is 23.9 Å². The summed E-state index contributed by atoms with van der Waals surface area (Å²) in [6.45, 7) is 5.30. The van der Waals surface area contributed by atoms with Gasteiger partial charge in [0.15, 0.2) is 0 Å². The largest absolute Gasteiger partial charge is 0.323 e. The van der Waals surface area contributed by atoms with Crippen molar-refractivity contribution in [1.29, 1.82) is 0 Å². The van der Waals surface area contributed by atoms with Crippen LogP contribution in [0.5, 0.6) is 0 Å². The lowest BCUT2D eigenvalue weighted by molar-refractivity contribution is -0.116. The van der Waals surface area contributed by atoms with E-state index >= 15 is 0 Å². The zero-order valence-corrected chi connectivity index (χ0v) is 4.69. The number of hydrogen-bond acceptors (Lipinski definition) is 1. The van der Waals surface area contributed by atoms with E-state index in [2.05, 4.69) is 11.9 Å². The Kier molecular flexibility index (Phi) is 0.938. The van der Waals surface area contributed by atoms with Gasteiger partial charge in [-0.1, -0.05) is 6.58 Å². The quantitative estimate of drug-likeness (QED) is 0.484. The molecule has 0 saturated carbocycles. The lowest BCUT2D eigenvalue weighted by Gasteiger charge is -1.88. The molecule has 0 aromatic rings. The number of amides is 1. The molecule has 1 heterocycles. The minimum Gasteiger partial charge on any atom is -0.323 e. The summed E-state index contributed by atoms with van der Waals surface area (Å²) >= 11 is 0. The number of hydrogen-bond donors (Lipinski definition) is 1. The predicted octanol–water partition coefficient (Wildman–Crippen LogP) is 0.576. The molecule has 2 heteroatoms. The zero-order valence-electron chi connectivity index (χ0n) is 4.69. The summed E-state index contributed by atoms with van der Waals surface area (Å²) in [4.78, 5) is 10.5. The number of nitrogens with one attached hydrogen (secondary N) is 1. The Morgan fingerprint density at radius 2 is 2.38 bits per heavy atom. The Morgan fingerprint density at radius 3 is 2.50 bits per heavy atom. The summed E-state index contributed by atoms with van der Waals surface area (Å²) in [6.07, 6.45) is 1.72. The van der Waals surface area contributed by atoms with E-state index in [0.717, 1.165) is 5.57 Å². The van der Waals surface area contributed by atoms with Gasteiger partial charge in [-0.15, -0.1) is 0 Å². The van der Waals surface area contributed by atoms with Crippen molar-refractivity contribution in [3.63, 3.8) is 0 Å². The molecule has 0 spiro atoms. The van der Waals surface area contributed by atoms with E-state index in [9.17, 15) is 4.79 Å². The third kappa shape index (κ3) is 0.644. The average Bonchev–Trinajstić information content (AvgIpc) is 1.85. The summed E-state index contributed by atoms with van der Waals surface area (Å²) < 4.78 is 0. The van der Waals surface area contributed by atoms with Crippen LogP contribution < -0.4 is 5.32 Å². The first-order chi connectivity index (χ1) is 3.70. The van der Waals surface area contributed by atoms with E-state index in [-0.39, 0.29) is 5.91 Å². The highest BCUT2D eigenvalue weighted by atomic mass is 16.1. The summed E-state index contributed by atoms with van der Waals surface area (Å²) in [5.74, 6) is -0.0324. The van der Waals surface area contributed by atoms with Crippen LogP contribution in [0.2, 0.25) is 0 Å². The first-order valence-electron chi connectivity index (χ1n) is 2.39. The third-order valence-corrected chi connectivity index (χ3v) is 1.02. The Hall–Kier alpha value is -1.05. The van der Waals surface area contributed by atoms with Gasteiger partial charge in [0.25, 0.3) is 5.91 Å². The van der Waals surface area contributed by atoms with Crippen LogP contribution in [0.25, 0.3) is 0 Å². The van der Waals surface area contributed by atoms with Gasteiger partial charge in [0.2, 0.25) is 0 Å². The van der Waals surface area contributed by atoms with Gasteiger partial charge in [-0.05, 0) is 13.0 Å². The van der Waals surface area contributed by atoms with Crippen LogP contribution in [-0.2, 0) is 4.79 Å². The molecule has 0 unspecified atom stereocenters. The fourth-order valence-corrected chi connectivity index (χ4v) is 0.607. The predicted molar refractivity (Wildman–Crippen MR) is 31.0 cm³/mol. The fourth-order valence-electron chi connectivity index (χ4n) is 0.607. The minimum absolute atomic E-state index is 0.0324. The zero-order chi connectivity index (χ0) is 6.15. The van der Waals surface area contributed by atoms with Crippen LogP contribution in [0, 0.1) is 0 Å². The van der Waals surface area contributed by atoms with Crippen LogP contribution in [0.1, 0.15) is 6.92 Å². The molecular formula is C6H7NO. The standard InChI is InChI=1S/C6H7NO/c1-4-3-5(2)7-6(4)8/h3H,2H2,1H3,(H,7,8). The molecule has 42 valence electrons. The van der Waals surface area contributed by atoms with Gasteiger partial charge >= 0.3 is 0 Å². The lowest BCUT2D eigenvalue weighted by atomic mass is 10.3. The second-order valence-electron chi connectivity index (χ2n) is 1.81. The molecular weight excluding hydrogens is 102 g/mol. The van der Waals surface area contributed by atoms with Gasteiger partial charge in [-0.25, -0.2) is 0 Å². The topological polar surface area (TPSA) is 29.1 Å². The molecule has 0 bridgehead atoms. The van der Waals surface area contributed by atoms with Crippen LogP contribution in [-0.4, -0.2) is 5.91 Å². The van der Waals surface area contributed by atoms with Crippen molar-refractivity contribution < 1.29 is 4.79 Å². The van der Waals surface area contributed by atoms with E-state index in [1.807, 2.05) is 0 Å². The molecule has 8 heavy (non-hydrogen) atoms. The summed E-state index contributed by atoms with van der Waals surface area (Å²) in [6, 6.07) is 0. The summed E-state index contributed by atoms with van der Waals surface area (Å²) in [5, 5.41) is 2.54. The van der Waals surface area contributed by atoms with Crippen molar-refractivity contribution in [2.45, 2.75) is 6.92 Å². The first-order valence-corrected chi connectivity index (χ1v) is 2.39. The van der Waals surface area contributed by atoms with Gasteiger partial charge < -0.3 is 5.32 Å². The summed E-state index contributed by atoms with van der Waals surface area (Å²) in [7, 11) is 0. The van der Waals surface area contributed by atoms with Gasteiger partial charge in [0.05, 0.1) is 0 Å². The number of rotatable bonds is 0. The van der Waals surface area contributed by atoms with E-state index in [1.54, 1.807) is 13.0 Å². The van der Waals surface area contributed by atoms with Crippen LogP contribution >= 0.6 is 0 Å². The van der Waals surface area contributed by atoms with E-state index in [0.29, 0.717) is 5.70 Å². The average molecular weight is 109 g/mol. The molecule has 1 aliphatic heterocycles. The maximum Gasteiger partial charge on any atom is 0.251 e. The molecule has 0 aromatic carbocycles. The van der Waals surface area contributed by atoms with Crippen molar-refractivity contribution in [2.24, 2.45) is 0 Å². The second-order valence-corrected chi connectivity index (χ2v) is 1.81. The molecule has 0 fully saturated rings. The Bertz CT molecular complexity index is 179. The maximum atomic E-state index is 10.5. The lowest BCUT2D eigenvalue weighted by Crippen LogP contribution is -2.14. The molecule has 1 rings (SSSR count). The van der Waals surface area contributed by atoms with Crippen molar-refractivity contribution in [3.8, 4) is 0 Å². The Labute approximate surface area is 47.9 Å². The molecule has 1 aliphatic rings. The third-order valence-electron chi connectivity index (χ3n) is 1.02. The van der Waals surface area contributed by atoms with Crippen LogP contribution in [0.3, 0.4) is 0 Å². The van der Waals surface area contributed by atoms with E-state index < -0.39 is 0 Å². The first kappa shape index (κ1) is 5.09. The highest BCUT2D eigenvalue weighted by Gasteiger charge is 2.10. The Morgan fingerprint density at radius 1 is 1.75 bits per heavy atom. The Balaban J connectivity index is 2.88. The molecule has 2 nitrogen and oxygen atoms in total. The molecule has 0 saturated heterocycles. The number of carbonyl (C=O) groups excluding carboxylic acids is 1. The van der Waals surface area contributed by atoms with Crippen LogP contribution in [0.4, 0.5) is 0 Å². The summed E-state index contributed by atoms with van der Waals surface area (Å²) in [5.41, 5.74) is 1.42. The second kappa shape index (κ2) is 1.47. The van der Waals surface area contributed by atoms with E-state index in [4.69, 9.17) is 0 Å². The highest BCUT2D eigenvalue weighted by molar-refractivity contribution is 5.97. The maximum absolute atomic E-state index is 10.5. The van der Waals surface area contributed by atoms with Gasteiger partial charge in [-0.3, -0.25) is 4.79 Å². The molecule has 0 atom stereocenters. The molecule has 1 N–H and O–H groups in total. The van der Waals surface area contributed by atoms with Crippen molar-refractivity contribution in [1.82, 2.24) is 5.32 Å². The monoisotopic (exact) mass is 109 g/mol.